The zero-order chi connectivity index (χ0) is 17.9. The molecule has 2 aromatic rings. The van der Waals surface area contributed by atoms with E-state index in [1.165, 1.54) is 4.57 Å². The van der Waals surface area contributed by atoms with Crippen LogP contribution >= 0.6 is 0 Å². The average molecular weight is 347 g/mol. The van der Waals surface area contributed by atoms with Crippen molar-refractivity contribution in [1.82, 2.24) is 14.8 Å². The highest BCUT2D eigenvalue weighted by atomic mass is 16.5. The Morgan fingerprint density at radius 1 is 1.24 bits per heavy atom. The van der Waals surface area contributed by atoms with Gasteiger partial charge >= 0.3 is 5.76 Å². The summed E-state index contributed by atoms with van der Waals surface area (Å²) in [4.78, 5) is 26.5. The van der Waals surface area contributed by atoms with Gasteiger partial charge in [-0.2, -0.15) is 0 Å². The average Bonchev–Trinajstić information content (AvgIpc) is 2.94. The Hall–Kier alpha value is -2.12. The van der Waals surface area contributed by atoms with Crippen LogP contribution in [-0.4, -0.2) is 53.8 Å². The molecule has 1 amide bonds. The summed E-state index contributed by atoms with van der Waals surface area (Å²) in [5.41, 5.74) is 1.13. The van der Waals surface area contributed by atoms with Crippen LogP contribution in [0.5, 0.6) is 0 Å². The molecule has 1 aromatic heterocycles. The molecule has 0 atom stereocenters. The van der Waals surface area contributed by atoms with Crippen molar-refractivity contribution in [2.24, 2.45) is 0 Å². The lowest BCUT2D eigenvalue weighted by Gasteiger charge is -2.40. The molecule has 1 N–H and O–H groups in total. The summed E-state index contributed by atoms with van der Waals surface area (Å²) >= 11 is 0. The molecule has 0 radical (unpaired) electrons. The van der Waals surface area contributed by atoms with Crippen LogP contribution in [0.15, 0.2) is 33.5 Å². The second-order valence-electron chi connectivity index (χ2n) is 6.93. The van der Waals surface area contributed by atoms with Gasteiger partial charge in [0, 0.05) is 38.1 Å². The van der Waals surface area contributed by atoms with Gasteiger partial charge in [0.1, 0.15) is 0 Å². The minimum absolute atomic E-state index is 0.0708. The number of aromatic nitrogens is 1. The molecular weight excluding hydrogens is 322 g/mol. The number of aryl methyl sites for hydroxylation is 1. The molecule has 7 nitrogen and oxygen atoms in total. The first-order valence-electron chi connectivity index (χ1n) is 8.65. The van der Waals surface area contributed by atoms with Crippen molar-refractivity contribution >= 4 is 17.0 Å². The molecule has 1 fully saturated rings. The SMILES string of the molecule is CC(C)(CNC(=O)CCn1c(=O)oc2ccccc21)N1CCOCC1. The van der Waals surface area contributed by atoms with Gasteiger partial charge in [0.05, 0.1) is 18.7 Å². The van der Waals surface area contributed by atoms with E-state index in [0.29, 0.717) is 24.2 Å². The second-order valence-corrected chi connectivity index (χ2v) is 6.93. The Bertz CT molecular complexity index is 787. The molecule has 0 aliphatic carbocycles. The van der Waals surface area contributed by atoms with Crippen molar-refractivity contribution in [2.75, 3.05) is 32.8 Å². The first-order valence-corrected chi connectivity index (χ1v) is 8.65. The molecule has 0 spiro atoms. The highest BCUT2D eigenvalue weighted by molar-refractivity contribution is 5.76. The van der Waals surface area contributed by atoms with Gasteiger partial charge in [0.2, 0.25) is 5.91 Å². The molecule has 1 aliphatic rings. The molecule has 1 saturated heterocycles. The topological polar surface area (TPSA) is 76.7 Å². The monoisotopic (exact) mass is 347 g/mol. The Balaban J connectivity index is 1.54. The summed E-state index contributed by atoms with van der Waals surface area (Å²) in [5.74, 6) is -0.499. The highest BCUT2D eigenvalue weighted by Crippen LogP contribution is 2.15. The summed E-state index contributed by atoms with van der Waals surface area (Å²) < 4.78 is 12.1. The van der Waals surface area contributed by atoms with Gasteiger partial charge in [-0.15, -0.1) is 0 Å². The molecule has 25 heavy (non-hydrogen) atoms. The van der Waals surface area contributed by atoms with E-state index in [4.69, 9.17) is 9.15 Å². The smallest absolute Gasteiger partial charge is 0.408 e. The van der Waals surface area contributed by atoms with E-state index in [0.717, 1.165) is 26.3 Å². The van der Waals surface area contributed by atoms with Gasteiger partial charge < -0.3 is 14.5 Å². The van der Waals surface area contributed by atoms with Crippen LogP contribution in [0.25, 0.3) is 11.1 Å². The van der Waals surface area contributed by atoms with Gasteiger partial charge in [-0.3, -0.25) is 14.3 Å². The summed E-state index contributed by atoms with van der Waals surface area (Å²) in [5, 5.41) is 2.98. The number of rotatable bonds is 6. The number of carbonyl (C=O) groups excluding carboxylic acids is 1. The van der Waals surface area contributed by atoms with Crippen LogP contribution in [0, 0.1) is 0 Å². The molecule has 0 saturated carbocycles. The van der Waals surface area contributed by atoms with Gasteiger partial charge in [-0.05, 0) is 26.0 Å². The van der Waals surface area contributed by atoms with Crippen molar-refractivity contribution in [3.05, 3.63) is 34.8 Å². The van der Waals surface area contributed by atoms with Gasteiger partial charge in [0.15, 0.2) is 5.58 Å². The number of oxazole rings is 1. The van der Waals surface area contributed by atoms with Gasteiger partial charge in [0.25, 0.3) is 0 Å². The van der Waals surface area contributed by atoms with Crippen LogP contribution in [0.2, 0.25) is 0 Å². The maximum Gasteiger partial charge on any atom is 0.419 e. The molecule has 1 aromatic carbocycles. The minimum Gasteiger partial charge on any atom is -0.408 e. The predicted molar refractivity (Wildman–Crippen MR) is 94.6 cm³/mol. The van der Waals surface area contributed by atoms with Crippen LogP contribution in [0.3, 0.4) is 0 Å². The van der Waals surface area contributed by atoms with E-state index in [1.54, 1.807) is 6.07 Å². The standard InChI is InChI=1S/C18H25N3O4/c1-18(2,20-9-11-24-12-10-20)13-19-16(22)7-8-21-14-5-3-4-6-15(14)25-17(21)23/h3-6H,7-13H2,1-2H3,(H,19,22). The first kappa shape index (κ1) is 17.7. The van der Waals surface area contributed by atoms with Crippen molar-refractivity contribution < 1.29 is 13.9 Å². The Morgan fingerprint density at radius 3 is 2.72 bits per heavy atom. The molecule has 0 unspecified atom stereocenters. The normalized spacial score (nSPS) is 16.2. The van der Waals surface area contributed by atoms with Crippen molar-refractivity contribution in [1.29, 1.82) is 0 Å². The summed E-state index contributed by atoms with van der Waals surface area (Å²) in [7, 11) is 0. The van der Waals surface area contributed by atoms with Gasteiger partial charge in [-0.25, -0.2) is 4.79 Å². The van der Waals surface area contributed by atoms with E-state index in [9.17, 15) is 9.59 Å². The fourth-order valence-corrected chi connectivity index (χ4v) is 3.12. The Kier molecular flexibility index (Phi) is 5.24. The number of amides is 1. The van der Waals surface area contributed by atoms with Crippen LogP contribution in [0.1, 0.15) is 20.3 Å². The van der Waals surface area contributed by atoms with Crippen molar-refractivity contribution in [3.8, 4) is 0 Å². The molecule has 0 bridgehead atoms. The number of morpholine rings is 1. The fraction of sp³-hybridized carbons (Fsp3) is 0.556. The molecule has 7 heteroatoms. The Labute approximate surface area is 146 Å². The number of hydrogen-bond acceptors (Lipinski definition) is 5. The third kappa shape index (κ3) is 4.11. The van der Waals surface area contributed by atoms with E-state index >= 15 is 0 Å². The number of carbonyl (C=O) groups is 1. The number of benzene rings is 1. The van der Waals surface area contributed by atoms with E-state index in [2.05, 4.69) is 24.1 Å². The van der Waals surface area contributed by atoms with Crippen molar-refractivity contribution in [3.63, 3.8) is 0 Å². The number of para-hydroxylation sites is 2. The number of hydrogen-bond donors (Lipinski definition) is 1. The molecule has 136 valence electrons. The van der Waals surface area contributed by atoms with E-state index < -0.39 is 5.76 Å². The predicted octanol–water partition coefficient (Wildman–Crippen LogP) is 1.21. The largest absolute Gasteiger partial charge is 0.419 e. The maximum atomic E-state index is 12.2. The number of ether oxygens (including phenoxy) is 1. The minimum atomic E-state index is -0.428. The number of fused-ring (bicyclic) bond motifs is 1. The third-order valence-electron chi connectivity index (χ3n) is 4.72. The van der Waals surface area contributed by atoms with E-state index in [1.807, 2.05) is 18.2 Å². The molecule has 3 rings (SSSR count). The van der Waals surface area contributed by atoms with Crippen molar-refractivity contribution in [2.45, 2.75) is 32.4 Å². The van der Waals surface area contributed by atoms with Gasteiger partial charge in [-0.1, -0.05) is 12.1 Å². The molecule has 1 aliphatic heterocycles. The Morgan fingerprint density at radius 2 is 1.96 bits per heavy atom. The van der Waals surface area contributed by atoms with Crippen LogP contribution in [0.4, 0.5) is 0 Å². The summed E-state index contributed by atoms with van der Waals surface area (Å²) in [6, 6.07) is 7.23. The number of nitrogens with one attached hydrogen (secondary N) is 1. The summed E-state index contributed by atoms with van der Waals surface area (Å²) in [6.07, 6.45) is 0.239. The highest BCUT2D eigenvalue weighted by Gasteiger charge is 2.28. The van der Waals surface area contributed by atoms with Crippen LogP contribution in [-0.2, 0) is 16.1 Å². The quantitative estimate of drug-likeness (QED) is 0.850. The maximum absolute atomic E-state index is 12.2. The first-order chi connectivity index (χ1) is 12.0. The summed E-state index contributed by atoms with van der Waals surface area (Å²) in [6.45, 7) is 8.31. The van der Waals surface area contributed by atoms with Crippen LogP contribution < -0.4 is 11.1 Å². The lowest BCUT2D eigenvalue weighted by Crippen LogP contribution is -2.55. The zero-order valence-electron chi connectivity index (χ0n) is 14.8. The lowest BCUT2D eigenvalue weighted by atomic mass is 10.0. The fourth-order valence-electron chi connectivity index (χ4n) is 3.12. The molecule has 2 heterocycles. The third-order valence-corrected chi connectivity index (χ3v) is 4.72. The second kappa shape index (κ2) is 7.41. The van der Waals surface area contributed by atoms with E-state index in [-0.39, 0.29) is 17.9 Å². The molecular formula is C18H25N3O4. The zero-order valence-corrected chi connectivity index (χ0v) is 14.8. The number of nitrogens with zero attached hydrogens (tertiary/aromatic N) is 2. The lowest BCUT2D eigenvalue weighted by molar-refractivity contribution is -0.122.